The minimum atomic E-state index is 0. The van der Waals surface area contributed by atoms with Crippen LogP contribution in [0.15, 0.2) is 0 Å². The molecule has 0 aromatic heterocycles. The van der Waals surface area contributed by atoms with E-state index < -0.39 is 0 Å². The van der Waals surface area contributed by atoms with E-state index in [1.165, 1.54) is 0 Å². The molecule has 0 amide bonds. The van der Waals surface area contributed by atoms with Crippen molar-refractivity contribution in [3.63, 3.8) is 0 Å². The van der Waals surface area contributed by atoms with E-state index in [1.807, 2.05) is 0 Å². The molecule has 0 aromatic rings. The molecule has 0 fully saturated rings. The highest BCUT2D eigenvalue weighted by molar-refractivity contribution is 5.85. The van der Waals surface area contributed by atoms with Crippen LogP contribution in [0.5, 0.6) is 0 Å². The van der Waals surface area contributed by atoms with Crippen molar-refractivity contribution >= 4 is 18.3 Å². The van der Waals surface area contributed by atoms with Gasteiger partial charge in [-0.15, -0.1) is 12.4 Å². The standard InChI is InChI=1S/C8H17NO.ClH/c1-4-6-7(5-2)8(9)10-3;/h7,9H,4-6H2,1-3H3;1H/t7-;/m0./s1. The van der Waals surface area contributed by atoms with Crippen molar-refractivity contribution in [1.82, 2.24) is 0 Å². The summed E-state index contributed by atoms with van der Waals surface area (Å²) in [6, 6.07) is 0. The Morgan fingerprint density at radius 2 is 2.00 bits per heavy atom. The first kappa shape index (κ1) is 13.4. The Morgan fingerprint density at radius 1 is 1.45 bits per heavy atom. The summed E-state index contributed by atoms with van der Waals surface area (Å²) in [6.07, 6.45) is 3.22. The lowest BCUT2D eigenvalue weighted by Crippen LogP contribution is -2.13. The van der Waals surface area contributed by atoms with E-state index >= 15 is 0 Å². The summed E-state index contributed by atoms with van der Waals surface area (Å²) >= 11 is 0. The lowest BCUT2D eigenvalue weighted by molar-refractivity contribution is 0.350. The van der Waals surface area contributed by atoms with Gasteiger partial charge in [0.15, 0.2) is 5.90 Å². The second kappa shape index (κ2) is 7.86. The summed E-state index contributed by atoms with van der Waals surface area (Å²) in [5.74, 6) is 0.777. The molecular weight excluding hydrogens is 162 g/mol. The van der Waals surface area contributed by atoms with Gasteiger partial charge >= 0.3 is 0 Å². The molecule has 11 heavy (non-hydrogen) atoms. The van der Waals surface area contributed by atoms with E-state index in [2.05, 4.69) is 13.8 Å². The molecule has 1 N–H and O–H groups in total. The molecule has 0 heterocycles. The molecule has 2 nitrogen and oxygen atoms in total. The smallest absolute Gasteiger partial charge is 0.183 e. The van der Waals surface area contributed by atoms with Crippen molar-refractivity contribution in [2.75, 3.05) is 7.11 Å². The maximum atomic E-state index is 7.38. The number of halogens is 1. The van der Waals surface area contributed by atoms with Gasteiger partial charge in [-0.05, 0) is 12.8 Å². The van der Waals surface area contributed by atoms with Gasteiger partial charge in [-0.1, -0.05) is 20.3 Å². The monoisotopic (exact) mass is 179 g/mol. The van der Waals surface area contributed by atoms with Gasteiger partial charge in [0, 0.05) is 5.92 Å². The topological polar surface area (TPSA) is 33.1 Å². The number of hydrogen-bond acceptors (Lipinski definition) is 2. The highest BCUT2D eigenvalue weighted by atomic mass is 35.5. The van der Waals surface area contributed by atoms with E-state index in [9.17, 15) is 0 Å². The molecular formula is C8H18ClNO. The summed E-state index contributed by atoms with van der Waals surface area (Å²) in [4.78, 5) is 0. The summed E-state index contributed by atoms with van der Waals surface area (Å²) < 4.78 is 4.84. The Labute approximate surface area is 75.2 Å². The number of nitrogens with one attached hydrogen (secondary N) is 1. The molecule has 0 radical (unpaired) electrons. The Bertz CT molecular complexity index is 106. The molecule has 0 aliphatic heterocycles. The second-order valence-corrected chi connectivity index (χ2v) is 2.46. The van der Waals surface area contributed by atoms with Crippen LogP contribution in [-0.4, -0.2) is 13.0 Å². The average Bonchev–Trinajstić information content (AvgIpc) is 1.99. The summed E-state index contributed by atoms with van der Waals surface area (Å²) in [7, 11) is 1.57. The molecule has 0 spiro atoms. The van der Waals surface area contributed by atoms with Gasteiger partial charge in [0.05, 0.1) is 7.11 Å². The second-order valence-electron chi connectivity index (χ2n) is 2.46. The maximum absolute atomic E-state index is 7.38. The predicted molar refractivity (Wildman–Crippen MR) is 50.7 cm³/mol. The fraction of sp³-hybridized carbons (Fsp3) is 0.875. The molecule has 0 rings (SSSR count). The Balaban J connectivity index is 0. The largest absolute Gasteiger partial charge is 0.484 e. The SMILES string of the molecule is CCC[C@H](CC)C(=N)OC.Cl. The van der Waals surface area contributed by atoms with Crippen LogP contribution >= 0.6 is 12.4 Å². The first-order valence-corrected chi connectivity index (χ1v) is 3.88. The number of hydrogen-bond donors (Lipinski definition) is 1. The van der Waals surface area contributed by atoms with E-state index in [1.54, 1.807) is 7.11 Å². The van der Waals surface area contributed by atoms with Gasteiger partial charge in [-0.2, -0.15) is 0 Å². The van der Waals surface area contributed by atoms with Crippen molar-refractivity contribution < 1.29 is 4.74 Å². The first-order chi connectivity index (χ1) is 4.76. The van der Waals surface area contributed by atoms with Gasteiger partial charge in [0.2, 0.25) is 0 Å². The number of methoxy groups -OCH3 is 1. The minimum Gasteiger partial charge on any atom is -0.484 e. The van der Waals surface area contributed by atoms with Gasteiger partial charge < -0.3 is 4.74 Å². The molecule has 0 aliphatic carbocycles. The van der Waals surface area contributed by atoms with Crippen LogP contribution in [0.4, 0.5) is 0 Å². The van der Waals surface area contributed by atoms with Crippen LogP contribution in [0.2, 0.25) is 0 Å². The molecule has 0 saturated carbocycles. The van der Waals surface area contributed by atoms with Crippen molar-refractivity contribution in [1.29, 1.82) is 5.41 Å². The summed E-state index contributed by atoms with van der Waals surface area (Å²) in [6.45, 7) is 4.22. The molecule has 0 aromatic carbocycles. The Hall–Kier alpha value is -0.240. The number of rotatable bonds is 4. The van der Waals surface area contributed by atoms with E-state index in [-0.39, 0.29) is 12.4 Å². The third-order valence-electron chi connectivity index (χ3n) is 1.72. The zero-order chi connectivity index (χ0) is 7.98. The molecule has 0 unspecified atom stereocenters. The van der Waals surface area contributed by atoms with Gasteiger partial charge in [0.25, 0.3) is 0 Å². The molecule has 1 atom stereocenters. The first-order valence-electron chi connectivity index (χ1n) is 3.88. The van der Waals surface area contributed by atoms with Crippen LogP contribution in [0.25, 0.3) is 0 Å². The zero-order valence-electron chi connectivity index (χ0n) is 7.52. The molecule has 0 bridgehead atoms. The highest BCUT2D eigenvalue weighted by Gasteiger charge is 2.10. The molecule has 0 saturated heterocycles. The quantitative estimate of drug-likeness (QED) is 0.523. The third-order valence-corrected chi connectivity index (χ3v) is 1.72. The predicted octanol–water partition coefficient (Wildman–Crippen LogP) is 2.86. The van der Waals surface area contributed by atoms with Crippen LogP contribution in [0.1, 0.15) is 33.1 Å². The van der Waals surface area contributed by atoms with E-state index in [0.717, 1.165) is 19.3 Å². The lowest BCUT2D eigenvalue weighted by Gasteiger charge is -2.12. The minimum absolute atomic E-state index is 0. The lowest BCUT2D eigenvalue weighted by atomic mass is 10.0. The van der Waals surface area contributed by atoms with Crippen LogP contribution in [-0.2, 0) is 4.74 Å². The van der Waals surface area contributed by atoms with Gasteiger partial charge in [-0.25, -0.2) is 0 Å². The van der Waals surface area contributed by atoms with Crippen molar-refractivity contribution in [2.24, 2.45) is 5.92 Å². The normalized spacial score (nSPS) is 11.5. The molecule has 68 valence electrons. The Kier molecular flexibility index (Phi) is 9.55. The van der Waals surface area contributed by atoms with Crippen LogP contribution in [0, 0.1) is 11.3 Å². The maximum Gasteiger partial charge on any atom is 0.183 e. The zero-order valence-corrected chi connectivity index (χ0v) is 8.33. The number of ether oxygens (including phenoxy) is 1. The molecule has 3 heteroatoms. The fourth-order valence-electron chi connectivity index (χ4n) is 1.04. The van der Waals surface area contributed by atoms with Gasteiger partial charge in [0.1, 0.15) is 0 Å². The van der Waals surface area contributed by atoms with Crippen LogP contribution in [0.3, 0.4) is 0 Å². The van der Waals surface area contributed by atoms with Crippen molar-refractivity contribution in [3.8, 4) is 0 Å². The fourth-order valence-corrected chi connectivity index (χ4v) is 1.04. The Morgan fingerprint density at radius 3 is 2.27 bits per heavy atom. The average molecular weight is 180 g/mol. The van der Waals surface area contributed by atoms with E-state index in [0.29, 0.717) is 11.8 Å². The summed E-state index contributed by atoms with van der Waals surface area (Å²) in [5, 5.41) is 7.38. The highest BCUT2D eigenvalue weighted by Crippen LogP contribution is 2.11. The van der Waals surface area contributed by atoms with Crippen molar-refractivity contribution in [3.05, 3.63) is 0 Å². The van der Waals surface area contributed by atoms with Crippen LogP contribution < -0.4 is 0 Å². The molecule has 0 aliphatic rings. The van der Waals surface area contributed by atoms with Crippen molar-refractivity contribution in [2.45, 2.75) is 33.1 Å². The van der Waals surface area contributed by atoms with Gasteiger partial charge in [-0.3, -0.25) is 5.41 Å². The summed E-state index contributed by atoms with van der Waals surface area (Å²) in [5.41, 5.74) is 0. The van der Waals surface area contributed by atoms with E-state index in [4.69, 9.17) is 10.1 Å². The third kappa shape index (κ3) is 5.08.